The molecule has 0 radical (unpaired) electrons. The second-order valence-electron chi connectivity index (χ2n) is 5.46. The molecule has 0 amide bonds. The fraction of sp³-hybridized carbons (Fsp3) is 0.250. The summed E-state index contributed by atoms with van der Waals surface area (Å²) in [5.74, 6) is -0.322. The van der Waals surface area contributed by atoms with Crippen LogP contribution in [0.5, 0.6) is 0 Å². The number of aryl methyl sites for hydroxylation is 2. The van der Waals surface area contributed by atoms with Gasteiger partial charge in [-0.05, 0) is 32.0 Å². The van der Waals surface area contributed by atoms with E-state index in [0.717, 1.165) is 17.4 Å². The third-order valence-corrected chi connectivity index (χ3v) is 4.32. The first kappa shape index (κ1) is 19.0. The Morgan fingerprint density at radius 2 is 2.07 bits per heavy atom. The molecule has 0 spiro atoms. The van der Waals surface area contributed by atoms with Crippen molar-refractivity contribution in [2.24, 2.45) is 5.10 Å². The highest BCUT2D eigenvalue weighted by Gasteiger charge is 2.34. The number of rotatable bonds is 5. The molecular weight excluding hydrogens is 384 g/mol. The van der Waals surface area contributed by atoms with Gasteiger partial charge in [0.1, 0.15) is 0 Å². The van der Waals surface area contributed by atoms with Crippen molar-refractivity contribution in [2.45, 2.75) is 26.6 Å². The van der Waals surface area contributed by atoms with Gasteiger partial charge in [-0.25, -0.2) is 15.4 Å². The van der Waals surface area contributed by atoms with Crippen molar-refractivity contribution in [3.8, 4) is 11.3 Å². The van der Waals surface area contributed by atoms with Gasteiger partial charge >= 0.3 is 6.18 Å². The first-order valence-electron chi connectivity index (χ1n) is 7.81. The molecule has 3 rings (SSSR count). The van der Waals surface area contributed by atoms with Crippen LogP contribution < -0.4 is 5.43 Å². The van der Waals surface area contributed by atoms with Crippen LogP contribution in [-0.4, -0.2) is 26.0 Å². The molecule has 0 aliphatic heterocycles. The third-order valence-electron chi connectivity index (χ3n) is 3.51. The van der Waals surface area contributed by atoms with Gasteiger partial charge in [-0.3, -0.25) is 4.68 Å². The number of aromatic nitrogens is 4. The van der Waals surface area contributed by atoms with E-state index in [1.807, 2.05) is 6.92 Å². The normalized spacial score (nSPS) is 12.1. The Bertz CT molecular complexity index is 976. The van der Waals surface area contributed by atoms with Crippen LogP contribution in [-0.2, 0) is 12.7 Å². The van der Waals surface area contributed by atoms with Crippen LogP contribution in [0.4, 0.5) is 23.5 Å². The molecule has 3 heterocycles. The van der Waals surface area contributed by atoms with Gasteiger partial charge in [0.2, 0.25) is 5.95 Å². The lowest BCUT2D eigenvalue weighted by Gasteiger charge is -2.09. The van der Waals surface area contributed by atoms with Crippen molar-refractivity contribution in [3.63, 3.8) is 0 Å². The second-order valence-corrected chi connectivity index (χ2v) is 6.52. The van der Waals surface area contributed by atoms with Gasteiger partial charge in [0, 0.05) is 18.3 Å². The van der Waals surface area contributed by atoms with Gasteiger partial charge in [-0.15, -0.1) is 11.3 Å². The topological polar surface area (TPSA) is 68.0 Å². The fourth-order valence-corrected chi connectivity index (χ4v) is 2.87. The first-order chi connectivity index (χ1) is 12.8. The largest absolute Gasteiger partial charge is 0.433 e. The summed E-state index contributed by atoms with van der Waals surface area (Å²) in [4.78, 5) is 8.06. The van der Waals surface area contributed by atoms with Crippen LogP contribution in [0.1, 0.15) is 23.2 Å². The van der Waals surface area contributed by atoms with Gasteiger partial charge < -0.3 is 0 Å². The van der Waals surface area contributed by atoms with Gasteiger partial charge in [0.25, 0.3) is 0 Å². The van der Waals surface area contributed by atoms with E-state index in [1.165, 1.54) is 18.3 Å². The molecule has 0 aliphatic rings. The molecule has 0 unspecified atom stereocenters. The molecule has 0 saturated heterocycles. The Hall–Kier alpha value is -2.82. The van der Waals surface area contributed by atoms with Crippen LogP contribution in [0.3, 0.4) is 0 Å². The lowest BCUT2D eigenvalue weighted by molar-refractivity contribution is -0.141. The van der Waals surface area contributed by atoms with Crippen LogP contribution in [0.15, 0.2) is 29.5 Å². The van der Waals surface area contributed by atoms with Crippen molar-refractivity contribution in [3.05, 3.63) is 45.8 Å². The van der Waals surface area contributed by atoms with Gasteiger partial charge in [-0.1, -0.05) is 0 Å². The molecule has 0 bridgehead atoms. The minimum absolute atomic E-state index is 0.0781. The predicted octanol–water partition coefficient (Wildman–Crippen LogP) is 4.33. The number of hydrazone groups is 1. The zero-order valence-electron chi connectivity index (χ0n) is 14.3. The average Bonchev–Trinajstić information content (AvgIpc) is 3.19. The van der Waals surface area contributed by atoms with E-state index < -0.39 is 17.0 Å². The molecule has 0 fully saturated rings. The number of thiophene rings is 1. The molecule has 0 atom stereocenters. The molecule has 11 heteroatoms. The van der Waals surface area contributed by atoms with Gasteiger partial charge in [-0.2, -0.15) is 27.8 Å². The number of hydrogen-bond acceptors (Lipinski definition) is 6. The second kappa shape index (κ2) is 7.43. The number of halogens is 4. The summed E-state index contributed by atoms with van der Waals surface area (Å²) < 4.78 is 54.2. The van der Waals surface area contributed by atoms with Gasteiger partial charge in [0.15, 0.2) is 10.8 Å². The zero-order chi connectivity index (χ0) is 19.6. The molecule has 6 nitrogen and oxygen atoms in total. The van der Waals surface area contributed by atoms with E-state index in [1.54, 1.807) is 17.8 Å². The molecular formula is C16H14F4N6S. The maximum atomic E-state index is 13.2. The molecule has 3 aromatic heterocycles. The first-order valence-corrected chi connectivity index (χ1v) is 8.63. The van der Waals surface area contributed by atoms with Crippen molar-refractivity contribution in [2.75, 3.05) is 5.43 Å². The smallest absolute Gasteiger partial charge is 0.272 e. The Labute approximate surface area is 155 Å². The van der Waals surface area contributed by atoms with Crippen LogP contribution in [0.25, 0.3) is 11.3 Å². The maximum Gasteiger partial charge on any atom is 0.433 e. The van der Waals surface area contributed by atoms with E-state index in [9.17, 15) is 17.6 Å². The molecule has 27 heavy (non-hydrogen) atoms. The Morgan fingerprint density at radius 3 is 2.67 bits per heavy atom. The summed E-state index contributed by atoms with van der Waals surface area (Å²) in [5, 5.41) is 7.61. The number of nitrogens with one attached hydrogen (secondary N) is 1. The summed E-state index contributed by atoms with van der Waals surface area (Å²) in [5.41, 5.74) is 2.36. The van der Waals surface area contributed by atoms with E-state index in [0.29, 0.717) is 22.7 Å². The number of anilines is 1. The molecule has 1 N–H and O–H groups in total. The Morgan fingerprint density at radius 1 is 1.30 bits per heavy atom. The van der Waals surface area contributed by atoms with Crippen LogP contribution in [0.2, 0.25) is 0 Å². The van der Waals surface area contributed by atoms with Crippen LogP contribution >= 0.6 is 11.3 Å². The predicted molar refractivity (Wildman–Crippen MR) is 94.2 cm³/mol. The molecule has 142 valence electrons. The van der Waals surface area contributed by atoms with Crippen molar-refractivity contribution in [1.82, 2.24) is 19.7 Å². The number of alkyl halides is 3. The quantitative estimate of drug-likeness (QED) is 0.395. The summed E-state index contributed by atoms with van der Waals surface area (Å²) in [6.45, 7) is 4.13. The van der Waals surface area contributed by atoms with E-state index in [-0.39, 0.29) is 11.6 Å². The third kappa shape index (κ3) is 4.48. The zero-order valence-corrected chi connectivity index (χ0v) is 15.1. The van der Waals surface area contributed by atoms with Crippen LogP contribution in [0, 0.1) is 12.1 Å². The van der Waals surface area contributed by atoms with Crippen molar-refractivity contribution < 1.29 is 17.6 Å². The lowest BCUT2D eigenvalue weighted by Crippen LogP contribution is -2.11. The molecule has 3 aromatic rings. The Balaban J connectivity index is 1.95. The molecule has 0 aliphatic carbocycles. The van der Waals surface area contributed by atoms with E-state index in [4.69, 9.17) is 0 Å². The maximum absolute atomic E-state index is 13.2. The average molecular weight is 398 g/mol. The number of nitrogens with zero attached hydrogens (tertiary/aromatic N) is 5. The van der Waals surface area contributed by atoms with Gasteiger partial charge in [0.05, 0.1) is 22.5 Å². The van der Waals surface area contributed by atoms with E-state index in [2.05, 4.69) is 25.6 Å². The molecule has 0 aromatic carbocycles. The highest BCUT2D eigenvalue weighted by atomic mass is 32.1. The minimum atomic E-state index is -4.65. The highest BCUT2D eigenvalue weighted by molar-refractivity contribution is 7.12. The Kier molecular flexibility index (Phi) is 5.22. The highest BCUT2D eigenvalue weighted by Crippen LogP contribution is 2.31. The summed E-state index contributed by atoms with van der Waals surface area (Å²) in [7, 11) is 0. The monoisotopic (exact) mass is 398 g/mol. The minimum Gasteiger partial charge on any atom is -0.272 e. The fourth-order valence-electron chi connectivity index (χ4n) is 2.26. The van der Waals surface area contributed by atoms with E-state index >= 15 is 0 Å². The van der Waals surface area contributed by atoms with Crippen molar-refractivity contribution in [1.29, 1.82) is 0 Å². The van der Waals surface area contributed by atoms with Crippen molar-refractivity contribution >= 4 is 23.5 Å². The lowest BCUT2D eigenvalue weighted by atomic mass is 10.1. The molecule has 0 saturated carbocycles. The number of hydrogen-bond donors (Lipinski definition) is 1. The summed E-state index contributed by atoms with van der Waals surface area (Å²) in [6.07, 6.45) is -1.75. The summed E-state index contributed by atoms with van der Waals surface area (Å²) in [6, 6.07) is 3.62. The SMILES string of the molecule is CCn1cc(-c2cc(C(F)(F)F)nc(N/N=C/c3ccc(F)s3)n2)c(C)n1. The standard InChI is InChI=1S/C16H14F4N6S/c1-3-26-8-11(9(2)25-26)12-6-13(16(18,19)20)23-15(22-12)24-21-7-10-4-5-14(17)27-10/h4-8H,3H2,1-2H3,(H,22,23,24)/b21-7+. The summed E-state index contributed by atoms with van der Waals surface area (Å²) >= 11 is 0.850.